The zero-order valence-electron chi connectivity index (χ0n) is 17.3. The molecule has 0 aliphatic rings. The summed E-state index contributed by atoms with van der Waals surface area (Å²) in [5.41, 5.74) is 3.62. The highest BCUT2D eigenvalue weighted by molar-refractivity contribution is 6.35. The van der Waals surface area contributed by atoms with Crippen molar-refractivity contribution < 1.29 is 14.6 Å². The van der Waals surface area contributed by atoms with Gasteiger partial charge < -0.3 is 14.8 Å². The summed E-state index contributed by atoms with van der Waals surface area (Å²) in [6.45, 7) is 0. The molecule has 0 radical (unpaired) electrons. The highest BCUT2D eigenvalue weighted by Crippen LogP contribution is 2.34. The molecule has 0 saturated heterocycles. The van der Waals surface area contributed by atoms with Crippen molar-refractivity contribution in [1.82, 2.24) is 4.98 Å². The third kappa shape index (κ3) is 4.28. The van der Waals surface area contributed by atoms with Crippen LogP contribution in [0.4, 0.5) is 16.2 Å². The van der Waals surface area contributed by atoms with Crippen molar-refractivity contribution in [3.8, 4) is 5.88 Å². The second-order valence-corrected chi connectivity index (χ2v) is 7.93. The lowest BCUT2D eigenvalue weighted by atomic mass is 10.0. The Morgan fingerprint density at radius 2 is 1.72 bits per heavy atom. The fourth-order valence-corrected chi connectivity index (χ4v) is 3.96. The number of aromatic hydroxyl groups is 1. The number of nitrogens with one attached hydrogen (secondary N) is 1. The number of aliphatic imine (C=N–C) groups is 1. The fraction of sp³-hybridized carbons (Fsp3) is 0.0833. The lowest BCUT2D eigenvalue weighted by molar-refractivity contribution is 0.180. The van der Waals surface area contributed by atoms with E-state index in [4.69, 9.17) is 32.9 Å². The van der Waals surface area contributed by atoms with Crippen LogP contribution in [-0.4, -0.2) is 36.1 Å². The van der Waals surface area contributed by atoms with Crippen LogP contribution in [0.3, 0.4) is 0 Å². The molecule has 4 aromatic rings. The number of anilines is 1. The van der Waals surface area contributed by atoms with Gasteiger partial charge in [-0.05, 0) is 36.4 Å². The zero-order valence-corrected chi connectivity index (χ0v) is 18.8. The quantitative estimate of drug-likeness (QED) is 0.334. The summed E-state index contributed by atoms with van der Waals surface area (Å²) in [6.07, 6.45) is -0.504. The Hall–Kier alpha value is -3.48. The topological polar surface area (TPSA) is 77.9 Å². The lowest BCUT2D eigenvalue weighted by Gasteiger charge is -2.16. The van der Waals surface area contributed by atoms with Gasteiger partial charge in [-0.15, -0.1) is 0 Å². The molecule has 6 nitrogen and oxygen atoms in total. The average Bonchev–Trinajstić information content (AvgIpc) is 3.11. The maximum atomic E-state index is 12.0. The zero-order chi connectivity index (χ0) is 22.8. The van der Waals surface area contributed by atoms with Crippen molar-refractivity contribution in [1.29, 1.82) is 0 Å². The number of hydrogen-bond acceptors (Lipinski definition) is 4. The van der Waals surface area contributed by atoms with Crippen molar-refractivity contribution in [2.45, 2.75) is 0 Å². The van der Waals surface area contributed by atoms with Crippen LogP contribution >= 0.6 is 23.2 Å². The molecule has 0 aliphatic heterocycles. The number of aromatic amines is 1. The smallest absolute Gasteiger partial charge is 0.413 e. The predicted octanol–water partition coefficient (Wildman–Crippen LogP) is 6.55. The molecule has 0 spiro atoms. The Bertz CT molecular complexity index is 1310. The Morgan fingerprint density at radius 1 is 1.03 bits per heavy atom. The van der Waals surface area contributed by atoms with Crippen LogP contribution in [0.2, 0.25) is 10.0 Å². The molecule has 8 heteroatoms. The van der Waals surface area contributed by atoms with E-state index in [1.54, 1.807) is 43.4 Å². The van der Waals surface area contributed by atoms with E-state index in [2.05, 4.69) is 4.98 Å². The monoisotopic (exact) mass is 467 g/mol. The first-order chi connectivity index (χ1) is 15.4. The van der Waals surface area contributed by atoms with E-state index >= 15 is 0 Å². The van der Waals surface area contributed by atoms with Crippen LogP contribution < -0.4 is 4.90 Å². The van der Waals surface area contributed by atoms with Gasteiger partial charge in [0.1, 0.15) is 0 Å². The third-order valence-electron chi connectivity index (χ3n) is 4.97. The predicted molar refractivity (Wildman–Crippen MR) is 129 cm³/mol. The number of rotatable bonds is 4. The number of fused-ring (bicyclic) bond motifs is 1. The summed E-state index contributed by atoms with van der Waals surface area (Å²) in [5, 5.41) is 12.4. The molecule has 0 unspecified atom stereocenters. The number of ether oxygens (including phenoxy) is 1. The lowest BCUT2D eigenvalue weighted by Crippen LogP contribution is -2.25. The van der Waals surface area contributed by atoms with E-state index in [0.29, 0.717) is 43.6 Å². The van der Waals surface area contributed by atoms with E-state index in [1.165, 1.54) is 12.0 Å². The molecule has 0 saturated carbocycles. The van der Waals surface area contributed by atoms with E-state index < -0.39 is 6.09 Å². The number of amides is 1. The maximum absolute atomic E-state index is 12.0. The molecular weight excluding hydrogens is 449 g/mol. The molecule has 0 fully saturated rings. The van der Waals surface area contributed by atoms with Gasteiger partial charge in [0.2, 0.25) is 0 Å². The molecule has 3 aromatic carbocycles. The summed E-state index contributed by atoms with van der Waals surface area (Å²) in [5.74, 6) is -0.0476. The Labute approximate surface area is 194 Å². The van der Waals surface area contributed by atoms with Gasteiger partial charge in [0, 0.05) is 39.2 Å². The van der Waals surface area contributed by atoms with Gasteiger partial charge in [-0.2, -0.15) is 0 Å². The van der Waals surface area contributed by atoms with Crippen LogP contribution in [0.15, 0.2) is 71.7 Å². The normalized spacial score (nSPS) is 11.6. The molecule has 32 heavy (non-hydrogen) atoms. The molecule has 2 N–H and O–H groups in total. The van der Waals surface area contributed by atoms with Gasteiger partial charge in [0.05, 0.1) is 24.1 Å². The first kappa shape index (κ1) is 21.7. The van der Waals surface area contributed by atoms with Crippen LogP contribution in [0.25, 0.3) is 10.9 Å². The minimum Gasteiger partial charge on any atom is -0.494 e. The molecule has 0 bridgehead atoms. The number of nitrogens with zero attached hydrogens (tertiary/aromatic N) is 2. The summed E-state index contributed by atoms with van der Waals surface area (Å²) >= 11 is 12.3. The van der Waals surface area contributed by atoms with Gasteiger partial charge in [-0.1, -0.05) is 53.5 Å². The number of H-pyrrole nitrogens is 1. The second kappa shape index (κ2) is 8.94. The third-order valence-corrected chi connectivity index (χ3v) is 5.41. The number of halogens is 2. The van der Waals surface area contributed by atoms with Crippen LogP contribution in [0.1, 0.15) is 11.1 Å². The van der Waals surface area contributed by atoms with Crippen molar-refractivity contribution in [3.63, 3.8) is 0 Å². The summed E-state index contributed by atoms with van der Waals surface area (Å²) < 4.78 is 4.81. The standard InChI is InChI=1S/C24H19Cl2N3O3/c1-29(24(31)32-2)18-8-9-20-19(13-18)21(23(30)28-20)22(14-6-4-3-5-7-14)27-17-11-15(25)10-16(26)12-17/h3-13,28,30H,1-2H3. The molecule has 1 heterocycles. The van der Waals surface area contributed by atoms with Gasteiger partial charge in [-0.3, -0.25) is 4.90 Å². The SMILES string of the molecule is COC(=O)N(C)c1ccc2[nH]c(O)c(C(=Nc3cc(Cl)cc(Cl)c3)c3ccccc3)c2c1. The highest BCUT2D eigenvalue weighted by Gasteiger charge is 2.20. The molecule has 162 valence electrons. The molecule has 0 atom stereocenters. The van der Waals surface area contributed by atoms with Crippen LogP contribution in [0.5, 0.6) is 5.88 Å². The van der Waals surface area contributed by atoms with E-state index in [0.717, 1.165) is 5.56 Å². The molecule has 1 amide bonds. The van der Waals surface area contributed by atoms with E-state index in [1.807, 2.05) is 30.3 Å². The van der Waals surface area contributed by atoms with Crippen molar-refractivity contribution in [3.05, 3.63) is 87.9 Å². The number of aromatic nitrogens is 1. The van der Waals surface area contributed by atoms with Crippen molar-refractivity contribution in [2.75, 3.05) is 19.1 Å². The molecule has 4 rings (SSSR count). The number of carbonyl (C=O) groups excluding carboxylic acids is 1. The van der Waals surface area contributed by atoms with E-state index in [9.17, 15) is 9.90 Å². The molecular formula is C24H19Cl2N3O3. The second-order valence-electron chi connectivity index (χ2n) is 7.06. The maximum Gasteiger partial charge on any atom is 0.413 e. The number of methoxy groups -OCH3 is 1. The number of carbonyl (C=O) groups is 1. The molecule has 0 aliphatic carbocycles. The van der Waals surface area contributed by atoms with Crippen molar-refractivity contribution >= 4 is 57.3 Å². The summed E-state index contributed by atoms with van der Waals surface area (Å²) in [7, 11) is 2.93. The van der Waals surface area contributed by atoms with Crippen molar-refractivity contribution in [2.24, 2.45) is 4.99 Å². The summed E-state index contributed by atoms with van der Waals surface area (Å²) in [6, 6.07) is 19.8. The average molecular weight is 468 g/mol. The largest absolute Gasteiger partial charge is 0.494 e. The van der Waals surface area contributed by atoms with E-state index in [-0.39, 0.29) is 5.88 Å². The van der Waals surface area contributed by atoms with Crippen LogP contribution in [-0.2, 0) is 4.74 Å². The minimum absolute atomic E-state index is 0.0476. The van der Waals surface area contributed by atoms with Gasteiger partial charge in [0.15, 0.2) is 5.88 Å². The molecule has 1 aromatic heterocycles. The summed E-state index contributed by atoms with van der Waals surface area (Å²) in [4.78, 5) is 21.2. The Morgan fingerprint density at radius 3 is 2.38 bits per heavy atom. The number of benzene rings is 3. The Kier molecular flexibility index (Phi) is 6.08. The Balaban J connectivity index is 1.96. The first-order valence-corrected chi connectivity index (χ1v) is 10.4. The van der Waals surface area contributed by atoms with Gasteiger partial charge >= 0.3 is 6.09 Å². The number of hydrogen-bond donors (Lipinski definition) is 2. The fourth-order valence-electron chi connectivity index (χ4n) is 3.45. The van der Waals surface area contributed by atoms with Gasteiger partial charge in [0.25, 0.3) is 0 Å². The van der Waals surface area contributed by atoms with Gasteiger partial charge in [-0.25, -0.2) is 9.79 Å². The van der Waals surface area contributed by atoms with Crippen LogP contribution in [0, 0.1) is 0 Å². The minimum atomic E-state index is -0.504. The first-order valence-electron chi connectivity index (χ1n) is 9.64. The highest BCUT2D eigenvalue weighted by atomic mass is 35.5.